The highest BCUT2D eigenvalue weighted by Crippen LogP contribution is 2.41. The van der Waals surface area contributed by atoms with Gasteiger partial charge in [0, 0.05) is 13.1 Å². The number of hydrogen-bond donors (Lipinski definition) is 0. The Morgan fingerprint density at radius 3 is 2.46 bits per heavy atom. The fourth-order valence-electron chi connectivity index (χ4n) is 4.63. The molecule has 0 spiro atoms. The van der Waals surface area contributed by atoms with Crippen LogP contribution in [0.2, 0.25) is 0 Å². The van der Waals surface area contributed by atoms with Crippen molar-refractivity contribution >= 4 is 11.0 Å². The summed E-state index contributed by atoms with van der Waals surface area (Å²) in [6.07, 6.45) is -4.90. The molecule has 10 heteroatoms. The van der Waals surface area contributed by atoms with E-state index < -0.39 is 22.9 Å². The molecule has 7 nitrogen and oxygen atoms in total. The molecule has 0 amide bonds. The van der Waals surface area contributed by atoms with Gasteiger partial charge in [-0.1, -0.05) is 18.2 Å². The van der Waals surface area contributed by atoms with Crippen LogP contribution in [0.3, 0.4) is 0 Å². The number of fused-ring (bicyclic) bond motifs is 4. The summed E-state index contributed by atoms with van der Waals surface area (Å²) < 4.78 is 69.7. The fraction of sp³-hybridized carbons (Fsp3) is 0.222. The Kier molecular flexibility index (Phi) is 5.49. The Morgan fingerprint density at radius 2 is 1.70 bits per heavy atom. The van der Waals surface area contributed by atoms with E-state index in [9.17, 15) is 18.0 Å². The molecule has 0 bridgehead atoms. The molecule has 0 aliphatic carbocycles. The van der Waals surface area contributed by atoms with Gasteiger partial charge in [-0.25, -0.2) is 0 Å². The van der Waals surface area contributed by atoms with Crippen molar-refractivity contribution in [2.45, 2.75) is 19.3 Å². The van der Waals surface area contributed by atoms with Gasteiger partial charge >= 0.3 is 6.18 Å². The van der Waals surface area contributed by atoms with Crippen molar-refractivity contribution in [1.82, 2.24) is 4.90 Å². The minimum absolute atomic E-state index is 0.0473. The van der Waals surface area contributed by atoms with E-state index in [1.807, 2.05) is 17.0 Å². The quantitative estimate of drug-likeness (QED) is 0.355. The molecular formula is C27H20F3NO6. The van der Waals surface area contributed by atoms with Crippen LogP contribution < -0.4 is 24.4 Å². The third-order valence-corrected chi connectivity index (χ3v) is 6.38. The third kappa shape index (κ3) is 4.13. The summed E-state index contributed by atoms with van der Waals surface area (Å²) in [5.74, 6) is 0.771. The molecule has 0 saturated heterocycles. The van der Waals surface area contributed by atoms with Gasteiger partial charge in [0.05, 0.1) is 23.6 Å². The highest BCUT2D eigenvalue weighted by Gasteiger charge is 2.40. The number of nitrogens with zero attached hydrogens (tertiary/aromatic N) is 1. The van der Waals surface area contributed by atoms with Crippen LogP contribution in [0.1, 0.15) is 16.9 Å². The van der Waals surface area contributed by atoms with Gasteiger partial charge in [-0.15, -0.1) is 0 Å². The van der Waals surface area contributed by atoms with Crippen LogP contribution in [0.25, 0.3) is 22.1 Å². The number of ether oxygens (including phenoxy) is 4. The second kappa shape index (κ2) is 8.74. The molecule has 3 aromatic carbocycles. The highest BCUT2D eigenvalue weighted by molar-refractivity contribution is 5.87. The van der Waals surface area contributed by atoms with Crippen molar-refractivity contribution in [1.29, 1.82) is 0 Å². The van der Waals surface area contributed by atoms with Crippen molar-refractivity contribution in [3.63, 3.8) is 0 Å². The lowest BCUT2D eigenvalue weighted by Crippen LogP contribution is -2.32. The van der Waals surface area contributed by atoms with E-state index in [1.165, 1.54) is 37.4 Å². The van der Waals surface area contributed by atoms with Crippen molar-refractivity contribution in [3.05, 3.63) is 81.7 Å². The molecule has 190 valence electrons. The average molecular weight is 511 g/mol. The van der Waals surface area contributed by atoms with Gasteiger partial charge < -0.3 is 23.4 Å². The maximum absolute atomic E-state index is 14.2. The predicted molar refractivity (Wildman–Crippen MR) is 127 cm³/mol. The zero-order chi connectivity index (χ0) is 25.7. The lowest BCUT2D eigenvalue weighted by molar-refractivity contribution is -0.152. The minimum atomic E-state index is -4.90. The van der Waals surface area contributed by atoms with E-state index in [0.717, 1.165) is 5.56 Å². The molecule has 0 atom stereocenters. The normalized spacial score (nSPS) is 14.9. The fourth-order valence-corrected chi connectivity index (χ4v) is 4.63. The summed E-state index contributed by atoms with van der Waals surface area (Å²) in [5, 5.41) is 0.0473. The van der Waals surface area contributed by atoms with E-state index in [4.69, 9.17) is 23.4 Å². The summed E-state index contributed by atoms with van der Waals surface area (Å²) in [6.45, 7) is 1.04. The monoisotopic (exact) mass is 511 g/mol. The van der Waals surface area contributed by atoms with E-state index in [-0.39, 0.29) is 36.6 Å². The largest absolute Gasteiger partial charge is 0.497 e. The van der Waals surface area contributed by atoms with Gasteiger partial charge in [0.1, 0.15) is 23.8 Å². The number of alkyl halides is 3. The molecule has 3 heterocycles. The Hall–Kier alpha value is -4.18. The Labute approximate surface area is 208 Å². The first-order valence-electron chi connectivity index (χ1n) is 11.4. The summed E-state index contributed by atoms with van der Waals surface area (Å²) in [4.78, 5) is 15.3. The SMILES string of the molecule is COc1ccc(-c2c(C(F)(F)F)oc3c4c(ccc3c2=O)OCN(Cc2ccc3c(c2)OCO3)C4)cc1. The number of halogens is 3. The Bertz CT molecular complexity index is 1560. The molecule has 1 aromatic heterocycles. The van der Waals surface area contributed by atoms with Crippen LogP contribution in [-0.2, 0) is 19.3 Å². The molecular weight excluding hydrogens is 491 g/mol. The number of hydrogen-bond acceptors (Lipinski definition) is 7. The summed E-state index contributed by atoms with van der Waals surface area (Å²) in [6, 6.07) is 14.4. The van der Waals surface area contributed by atoms with Crippen LogP contribution in [-0.4, -0.2) is 25.5 Å². The van der Waals surface area contributed by atoms with Gasteiger partial charge in [0.25, 0.3) is 0 Å². The second-order valence-electron chi connectivity index (χ2n) is 8.73. The number of methoxy groups -OCH3 is 1. The van der Waals surface area contributed by atoms with Gasteiger partial charge in [-0.05, 0) is 47.5 Å². The van der Waals surface area contributed by atoms with Crippen molar-refractivity contribution < 1.29 is 36.5 Å². The molecule has 4 aromatic rings. The minimum Gasteiger partial charge on any atom is -0.497 e. The van der Waals surface area contributed by atoms with Crippen LogP contribution in [0.15, 0.2) is 63.8 Å². The van der Waals surface area contributed by atoms with E-state index in [1.54, 1.807) is 12.1 Å². The standard InChI is InChI=1S/C27H20F3NO6/c1-33-17-5-3-16(4-6-17)23-24(32)18-7-9-20-19(25(18)37-26(23)27(28,29)30)12-31(13-34-20)11-15-2-8-21-22(10-15)36-14-35-21/h2-10H,11-14H2,1H3. The Morgan fingerprint density at radius 1 is 0.946 bits per heavy atom. The molecule has 37 heavy (non-hydrogen) atoms. The molecule has 6 rings (SSSR count). The van der Waals surface area contributed by atoms with Crippen LogP contribution in [0.5, 0.6) is 23.0 Å². The first-order chi connectivity index (χ1) is 17.8. The van der Waals surface area contributed by atoms with E-state index in [2.05, 4.69) is 0 Å². The zero-order valence-electron chi connectivity index (χ0n) is 19.6. The smallest absolute Gasteiger partial charge is 0.450 e. The average Bonchev–Trinajstić information content (AvgIpc) is 3.36. The zero-order valence-corrected chi connectivity index (χ0v) is 19.6. The molecule has 0 unspecified atom stereocenters. The van der Waals surface area contributed by atoms with E-state index >= 15 is 0 Å². The molecule has 0 radical (unpaired) electrons. The molecule has 0 saturated carbocycles. The summed E-state index contributed by atoms with van der Waals surface area (Å²) >= 11 is 0. The first kappa shape index (κ1) is 23.2. The van der Waals surface area contributed by atoms with Crippen molar-refractivity contribution in [2.75, 3.05) is 20.6 Å². The number of rotatable bonds is 4. The third-order valence-electron chi connectivity index (χ3n) is 6.38. The summed E-state index contributed by atoms with van der Waals surface area (Å²) in [5.41, 5.74) is -0.0697. The summed E-state index contributed by atoms with van der Waals surface area (Å²) in [7, 11) is 1.45. The van der Waals surface area contributed by atoms with Crippen LogP contribution in [0, 0.1) is 0 Å². The van der Waals surface area contributed by atoms with Crippen LogP contribution >= 0.6 is 0 Å². The van der Waals surface area contributed by atoms with E-state index in [0.29, 0.717) is 35.1 Å². The molecule has 2 aliphatic heterocycles. The second-order valence-corrected chi connectivity index (χ2v) is 8.73. The number of benzene rings is 3. The van der Waals surface area contributed by atoms with Crippen LogP contribution in [0.4, 0.5) is 13.2 Å². The van der Waals surface area contributed by atoms with Gasteiger partial charge in [-0.3, -0.25) is 9.69 Å². The van der Waals surface area contributed by atoms with Gasteiger partial charge in [-0.2, -0.15) is 13.2 Å². The van der Waals surface area contributed by atoms with Gasteiger partial charge in [0.15, 0.2) is 11.5 Å². The predicted octanol–water partition coefficient (Wildman–Crippen LogP) is 5.57. The van der Waals surface area contributed by atoms with Gasteiger partial charge in [0.2, 0.25) is 18.0 Å². The molecule has 2 aliphatic rings. The molecule has 0 N–H and O–H groups in total. The lowest BCUT2D eigenvalue weighted by atomic mass is 9.99. The topological polar surface area (TPSA) is 70.4 Å². The maximum Gasteiger partial charge on any atom is 0.450 e. The Balaban J connectivity index is 1.42. The highest BCUT2D eigenvalue weighted by atomic mass is 19.4. The lowest BCUT2D eigenvalue weighted by Gasteiger charge is -2.29. The maximum atomic E-state index is 14.2. The first-order valence-corrected chi connectivity index (χ1v) is 11.4. The van der Waals surface area contributed by atoms with Crippen molar-refractivity contribution in [3.8, 4) is 34.1 Å². The molecule has 0 fully saturated rings. The van der Waals surface area contributed by atoms with Crippen molar-refractivity contribution in [2.24, 2.45) is 0 Å².